The molecule has 0 aliphatic carbocycles. The lowest BCUT2D eigenvalue weighted by molar-refractivity contribution is 0.481. The number of benzene rings is 3. The molecule has 13 heteroatoms. The molecule has 9 nitrogen and oxygen atoms in total. The van der Waals surface area contributed by atoms with Crippen molar-refractivity contribution < 1.29 is 38.9 Å². The molecule has 0 amide bonds. The highest BCUT2D eigenvalue weighted by atomic mass is 32.2. The molecule has 0 saturated carbocycles. The molecule has 3 N–H and O–H groups in total. The standard InChI is InChI=1S/C26H23O9PS3/c1-16-24(18-7-4-10-21(13-18)38(30,31)32)36-15-26(16,2)23(17-6-3-9-20(12-17)37(27,28)29)25(36)19-8-5-11-22(14-19)39(33,34)35/h3-14H,15H2,1-2H3,(H,27,28,29)(H,30,31,32)(H,33,34,35). The first-order chi connectivity index (χ1) is 18.0. The van der Waals surface area contributed by atoms with Gasteiger partial charge in [-0.25, -0.2) is 0 Å². The van der Waals surface area contributed by atoms with Crippen molar-refractivity contribution in [3.8, 4) is 0 Å². The summed E-state index contributed by atoms with van der Waals surface area (Å²) in [6.07, 6.45) is 0.580. The van der Waals surface area contributed by atoms with Crippen LogP contribution in [0.15, 0.2) is 93.1 Å². The highest BCUT2D eigenvalue weighted by Crippen LogP contribution is 2.80. The fraction of sp³-hybridized carbons (Fsp3) is 0.154. The lowest BCUT2D eigenvalue weighted by Gasteiger charge is -2.31. The molecule has 2 bridgehead atoms. The van der Waals surface area contributed by atoms with Gasteiger partial charge in [0.05, 0.1) is 14.7 Å². The average molecular weight is 607 g/mol. The van der Waals surface area contributed by atoms with Crippen molar-refractivity contribution in [2.24, 2.45) is 5.41 Å². The van der Waals surface area contributed by atoms with Crippen molar-refractivity contribution in [1.82, 2.24) is 0 Å². The fourth-order valence-electron chi connectivity index (χ4n) is 5.38. The topological polar surface area (TPSA) is 163 Å². The van der Waals surface area contributed by atoms with Crippen molar-refractivity contribution in [3.05, 3.63) is 95.1 Å². The number of hydrogen-bond acceptors (Lipinski definition) is 6. The van der Waals surface area contributed by atoms with E-state index in [4.69, 9.17) is 0 Å². The first kappa shape index (κ1) is 27.9. The van der Waals surface area contributed by atoms with Gasteiger partial charge < -0.3 is 0 Å². The van der Waals surface area contributed by atoms with Crippen LogP contribution < -0.4 is 0 Å². The molecule has 2 aliphatic heterocycles. The molecule has 3 aromatic rings. The Morgan fingerprint density at radius 2 is 1.03 bits per heavy atom. The summed E-state index contributed by atoms with van der Waals surface area (Å²) in [7, 11) is -14.7. The maximum absolute atomic E-state index is 12.0. The van der Waals surface area contributed by atoms with Gasteiger partial charge in [-0.2, -0.15) is 25.3 Å². The van der Waals surface area contributed by atoms with E-state index in [-0.39, 0.29) is 14.7 Å². The largest absolute Gasteiger partial charge is 0.294 e. The predicted octanol–water partition coefficient (Wildman–Crippen LogP) is 5.24. The lowest BCUT2D eigenvalue weighted by Crippen LogP contribution is -2.19. The van der Waals surface area contributed by atoms with E-state index in [1.54, 1.807) is 18.2 Å². The molecule has 0 spiro atoms. The van der Waals surface area contributed by atoms with E-state index in [0.717, 1.165) is 21.8 Å². The molecular weight excluding hydrogens is 583 g/mol. The first-order valence-electron chi connectivity index (χ1n) is 11.5. The molecule has 204 valence electrons. The van der Waals surface area contributed by atoms with Crippen LogP contribution in [-0.2, 0) is 30.4 Å². The van der Waals surface area contributed by atoms with Crippen molar-refractivity contribution in [3.63, 3.8) is 0 Å². The third-order valence-electron chi connectivity index (χ3n) is 7.22. The Morgan fingerprint density at radius 1 is 0.641 bits per heavy atom. The van der Waals surface area contributed by atoms with Crippen molar-refractivity contribution >= 4 is 54.5 Å². The molecule has 3 aromatic carbocycles. The molecule has 2 unspecified atom stereocenters. The second-order valence-electron chi connectivity index (χ2n) is 9.62. The minimum absolute atomic E-state index is 0.260. The maximum Gasteiger partial charge on any atom is 0.294 e. The van der Waals surface area contributed by atoms with Gasteiger partial charge in [-0.05, 0) is 90.3 Å². The third kappa shape index (κ3) is 4.80. The Kier molecular flexibility index (Phi) is 6.55. The molecule has 0 aromatic heterocycles. The van der Waals surface area contributed by atoms with E-state index in [9.17, 15) is 38.9 Å². The van der Waals surface area contributed by atoms with E-state index >= 15 is 0 Å². The fourth-order valence-corrected chi connectivity index (χ4v) is 10.7. The van der Waals surface area contributed by atoms with Crippen LogP contribution in [0.3, 0.4) is 0 Å². The summed E-state index contributed by atoms with van der Waals surface area (Å²) >= 11 is 0. The van der Waals surface area contributed by atoms with Crippen LogP contribution in [-0.4, -0.2) is 45.1 Å². The second kappa shape index (κ2) is 9.17. The summed E-state index contributed by atoms with van der Waals surface area (Å²) in [5.41, 5.74) is 2.63. The number of fused-ring (bicyclic) bond motifs is 2. The monoisotopic (exact) mass is 606 g/mol. The van der Waals surface area contributed by atoms with Gasteiger partial charge in [0.2, 0.25) is 0 Å². The van der Waals surface area contributed by atoms with Gasteiger partial charge in [0, 0.05) is 5.41 Å². The third-order valence-corrected chi connectivity index (χ3v) is 12.9. The normalized spacial score (nSPS) is 21.6. The van der Waals surface area contributed by atoms with Gasteiger partial charge in [0.1, 0.15) is 0 Å². The molecule has 0 fully saturated rings. The summed E-state index contributed by atoms with van der Waals surface area (Å²) in [4.78, 5) is -0.858. The average Bonchev–Trinajstić information content (AvgIpc) is 3.30. The lowest BCUT2D eigenvalue weighted by atomic mass is 9.73. The highest BCUT2D eigenvalue weighted by Gasteiger charge is 2.52. The zero-order chi connectivity index (χ0) is 28.5. The van der Waals surface area contributed by atoms with Crippen LogP contribution in [0.2, 0.25) is 0 Å². The van der Waals surface area contributed by atoms with Crippen LogP contribution in [0.1, 0.15) is 30.5 Å². The van der Waals surface area contributed by atoms with Crippen LogP contribution in [0.4, 0.5) is 0 Å². The van der Waals surface area contributed by atoms with Crippen molar-refractivity contribution in [2.75, 3.05) is 6.16 Å². The van der Waals surface area contributed by atoms with E-state index < -0.39 is 43.7 Å². The zero-order valence-corrected chi connectivity index (χ0v) is 23.9. The van der Waals surface area contributed by atoms with Crippen LogP contribution in [0.25, 0.3) is 16.2 Å². The smallest absolute Gasteiger partial charge is 0.282 e. The summed E-state index contributed by atoms with van der Waals surface area (Å²) in [5.74, 6) is 0. The predicted molar refractivity (Wildman–Crippen MR) is 148 cm³/mol. The minimum atomic E-state index is -4.52. The molecule has 0 saturated heterocycles. The number of allylic oxidation sites excluding steroid dienone is 2. The van der Waals surface area contributed by atoms with Crippen molar-refractivity contribution in [1.29, 1.82) is 0 Å². The summed E-state index contributed by atoms with van der Waals surface area (Å²) < 4.78 is 101. The molecule has 5 rings (SSSR count). The Morgan fingerprint density at radius 3 is 1.46 bits per heavy atom. The first-order valence-corrected chi connectivity index (χ1v) is 17.3. The van der Waals surface area contributed by atoms with Gasteiger partial charge in [-0.15, -0.1) is 0 Å². The Hall–Kier alpha value is -2.70. The molecule has 2 aliphatic rings. The molecule has 0 radical (unpaired) electrons. The number of hydrogen-bond donors (Lipinski definition) is 3. The maximum atomic E-state index is 12.0. The molecule has 2 atom stereocenters. The summed E-state index contributed by atoms with van der Waals surface area (Å²) in [6.45, 7) is 3.89. The van der Waals surface area contributed by atoms with Gasteiger partial charge >= 0.3 is 0 Å². The number of rotatable bonds is 6. The Labute approximate surface area is 227 Å². The SMILES string of the molecule is CC1=C(c2cccc(S(=O)(=O)O)c2)P2CC1(C)C(c1cccc(S(=O)(=O)O)c1)=C2c1cccc(S(=O)(=O)O)c1. The van der Waals surface area contributed by atoms with Crippen LogP contribution in [0.5, 0.6) is 0 Å². The Bertz CT molecular complexity index is 1940. The van der Waals surface area contributed by atoms with Gasteiger partial charge in [0.15, 0.2) is 0 Å². The second-order valence-corrected chi connectivity index (χ2v) is 16.0. The van der Waals surface area contributed by atoms with E-state index in [1.807, 2.05) is 13.8 Å². The highest BCUT2D eigenvalue weighted by molar-refractivity contribution is 7.86. The van der Waals surface area contributed by atoms with Gasteiger partial charge in [-0.3, -0.25) is 13.7 Å². The van der Waals surface area contributed by atoms with E-state index in [2.05, 4.69) is 0 Å². The van der Waals surface area contributed by atoms with Gasteiger partial charge in [0.25, 0.3) is 30.4 Å². The summed E-state index contributed by atoms with van der Waals surface area (Å²) in [5, 5.41) is 1.60. The molecule has 39 heavy (non-hydrogen) atoms. The molecule has 2 heterocycles. The Balaban J connectivity index is 1.81. The quantitative estimate of drug-likeness (QED) is 0.251. The molecular formula is C26H23O9PS3. The zero-order valence-electron chi connectivity index (χ0n) is 20.6. The van der Waals surface area contributed by atoms with E-state index in [1.165, 1.54) is 54.6 Å². The van der Waals surface area contributed by atoms with Gasteiger partial charge in [-0.1, -0.05) is 48.9 Å². The summed E-state index contributed by atoms with van der Waals surface area (Å²) in [6, 6.07) is 17.6. The minimum Gasteiger partial charge on any atom is -0.282 e. The van der Waals surface area contributed by atoms with Crippen LogP contribution in [0, 0.1) is 5.41 Å². The van der Waals surface area contributed by atoms with Crippen LogP contribution >= 0.6 is 7.92 Å². The van der Waals surface area contributed by atoms with E-state index in [0.29, 0.717) is 22.9 Å². The van der Waals surface area contributed by atoms with Crippen molar-refractivity contribution in [2.45, 2.75) is 28.5 Å².